The molecule has 8 nitrogen and oxygen atoms in total. The molecule has 0 radical (unpaired) electrons. The Balaban J connectivity index is 1.84. The number of rotatable bonds is 8. The molecule has 0 amide bonds. The maximum Gasteiger partial charge on any atom is 0.340 e. The van der Waals surface area contributed by atoms with E-state index in [1.807, 2.05) is 30.3 Å². The van der Waals surface area contributed by atoms with Gasteiger partial charge in [-0.3, -0.25) is 0 Å². The Kier molecular flexibility index (Phi) is 7.24. The van der Waals surface area contributed by atoms with Crippen LogP contribution in [0.3, 0.4) is 0 Å². The van der Waals surface area contributed by atoms with Gasteiger partial charge in [0.25, 0.3) is 0 Å². The van der Waals surface area contributed by atoms with E-state index < -0.39 is 0 Å². The van der Waals surface area contributed by atoms with E-state index in [0.717, 1.165) is 30.0 Å². The zero-order valence-corrected chi connectivity index (χ0v) is 17.8. The Morgan fingerprint density at radius 2 is 1.73 bits per heavy atom. The molecule has 1 saturated heterocycles. The Labute approximate surface area is 176 Å². The van der Waals surface area contributed by atoms with Crippen molar-refractivity contribution in [2.45, 2.75) is 6.54 Å². The number of hydrogen-bond donors (Lipinski definition) is 1. The number of carbonyl (C=O) groups excluding carboxylic acids is 1. The molecule has 0 aromatic heterocycles. The Morgan fingerprint density at radius 1 is 1.00 bits per heavy atom. The fourth-order valence-electron chi connectivity index (χ4n) is 3.50. The molecule has 30 heavy (non-hydrogen) atoms. The van der Waals surface area contributed by atoms with Crippen LogP contribution in [0.1, 0.15) is 15.9 Å². The lowest BCUT2D eigenvalue weighted by Gasteiger charge is -2.30. The molecule has 1 aliphatic heterocycles. The molecule has 1 aliphatic rings. The van der Waals surface area contributed by atoms with Crippen LogP contribution in [0.15, 0.2) is 30.3 Å². The normalized spacial score (nSPS) is 13.5. The van der Waals surface area contributed by atoms with Crippen molar-refractivity contribution in [1.29, 1.82) is 0 Å². The second-order valence-corrected chi connectivity index (χ2v) is 6.67. The summed E-state index contributed by atoms with van der Waals surface area (Å²) in [6.07, 6.45) is 0. The number of ether oxygens (including phenoxy) is 5. The van der Waals surface area contributed by atoms with Crippen molar-refractivity contribution < 1.29 is 28.5 Å². The summed E-state index contributed by atoms with van der Waals surface area (Å²) in [7, 11) is 6.14. The molecule has 0 aliphatic carbocycles. The molecule has 1 heterocycles. The van der Waals surface area contributed by atoms with E-state index in [-0.39, 0.29) is 5.97 Å². The van der Waals surface area contributed by atoms with Gasteiger partial charge in [0.05, 0.1) is 52.9 Å². The minimum absolute atomic E-state index is 0.371. The SMILES string of the molecule is COC(=O)c1cc(NCc2ccc(OC)c(OC)c2OC)ccc1N1CCOCC1. The third kappa shape index (κ3) is 4.54. The minimum atomic E-state index is -0.371. The summed E-state index contributed by atoms with van der Waals surface area (Å²) in [5.41, 5.74) is 3.05. The van der Waals surface area contributed by atoms with Crippen LogP contribution < -0.4 is 24.4 Å². The number of benzene rings is 2. The van der Waals surface area contributed by atoms with Crippen molar-refractivity contribution in [2.24, 2.45) is 0 Å². The van der Waals surface area contributed by atoms with Gasteiger partial charge in [-0.1, -0.05) is 0 Å². The van der Waals surface area contributed by atoms with Crippen LogP contribution in [0.5, 0.6) is 17.2 Å². The maximum atomic E-state index is 12.4. The molecule has 0 unspecified atom stereocenters. The number of nitrogens with one attached hydrogen (secondary N) is 1. The van der Waals surface area contributed by atoms with Gasteiger partial charge in [0.2, 0.25) is 5.75 Å². The number of esters is 1. The molecular weight excluding hydrogens is 388 g/mol. The lowest BCUT2D eigenvalue weighted by atomic mass is 10.1. The van der Waals surface area contributed by atoms with Gasteiger partial charge >= 0.3 is 5.97 Å². The van der Waals surface area contributed by atoms with Crippen LogP contribution in [0.2, 0.25) is 0 Å². The lowest BCUT2D eigenvalue weighted by Crippen LogP contribution is -2.37. The van der Waals surface area contributed by atoms with Gasteiger partial charge in [-0.2, -0.15) is 0 Å². The van der Waals surface area contributed by atoms with Crippen molar-refractivity contribution in [1.82, 2.24) is 0 Å². The predicted octanol–water partition coefficient (Wildman–Crippen LogP) is 2.95. The standard InChI is InChI=1S/C22H28N2O6/c1-26-19-8-5-15(20(27-2)21(19)28-3)14-23-16-6-7-18(17(13-16)22(25)29-4)24-9-11-30-12-10-24/h5-8,13,23H,9-12,14H2,1-4H3. The van der Waals surface area contributed by atoms with Crippen molar-refractivity contribution in [2.75, 3.05) is 65.0 Å². The van der Waals surface area contributed by atoms with Gasteiger partial charge in [0, 0.05) is 30.9 Å². The Bertz CT molecular complexity index is 880. The first-order valence-electron chi connectivity index (χ1n) is 9.69. The summed E-state index contributed by atoms with van der Waals surface area (Å²) in [5, 5.41) is 3.35. The van der Waals surface area contributed by atoms with Gasteiger partial charge in [-0.05, 0) is 30.3 Å². The topological polar surface area (TPSA) is 78.5 Å². The zero-order valence-electron chi connectivity index (χ0n) is 17.8. The van der Waals surface area contributed by atoms with Crippen LogP contribution >= 0.6 is 0 Å². The third-order valence-electron chi connectivity index (χ3n) is 5.02. The van der Waals surface area contributed by atoms with Crippen molar-refractivity contribution in [3.05, 3.63) is 41.5 Å². The van der Waals surface area contributed by atoms with Crippen molar-refractivity contribution >= 4 is 17.3 Å². The number of hydrogen-bond acceptors (Lipinski definition) is 8. The summed E-state index contributed by atoms with van der Waals surface area (Å²) in [6, 6.07) is 9.44. The molecule has 1 fully saturated rings. The van der Waals surface area contributed by atoms with E-state index >= 15 is 0 Å². The summed E-state index contributed by atoms with van der Waals surface area (Å²) < 4.78 is 26.7. The van der Waals surface area contributed by atoms with Gasteiger partial charge in [0.1, 0.15) is 0 Å². The smallest absolute Gasteiger partial charge is 0.340 e. The first-order valence-corrected chi connectivity index (χ1v) is 9.69. The fourth-order valence-corrected chi connectivity index (χ4v) is 3.50. The van der Waals surface area contributed by atoms with E-state index in [1.165, 1.54) is 7.11 Å². The highest BCUT2D eigenvalue weighted by Crippen LogP contribution is 2.40. The summed E-state index contributed by atoms with van der Waals surface area (Å²) in [5.74, 6) is 1.37. The van der Waals surface area contributed by atoms with Crippen LogP contribution in [-0.2, 0) is 16.0 Å². The lowest BCUT2D eigenvalue weighted by molar-refractivity contribution is 0.0600. The molecular formula is C22H28N2O6. The Morgan fingerprint density at radius 3 is 2.37 bits per heavy atom. The molecule has 0 spiro atoms. The molecule has 0 saturated carbocycles. The molecule has 2 aromatic carbocycles. The Hall–Kier alpha value is -3.13. The number of morpholine rings is 1. The van der Waals surface area contributed by atoms with Crippen molar-refractivity contribution in [3.63, 3.8) is 0 Å². The average molecular weight is 416 g/mol. The maximum absolute atomic E-state index is 12.4. The van der Waals surface area contributed by atoms with Crippen LogP contribution in [0.25, 0.3) is 0 Å². The fraction of sp³-hybridized carbons (Fsp3) is 0.409. The first kappa shape index (κ1) is 21.6. The first-order chi connectivity index (χ1) is 14.6. The summed E-state index contributed by atoms with van der Waals surface area (Å²) >= 11 is 0. The third-order valence-corrected chi connectivity index (χ3v) is 5.02. The predicted molar refractivity (Wildman–Crippen MR) is 114 cm³/mol. The molecule has 3 rings (SSSR count). The van der Waals surface area contributed by atoms with E-state index in [4.69, 9.17) is 23.7 Å². The van der Waals surface area contributed by atoms with E-state index in [9.17, 15) is 4.79 Å². The molecule has 2 aromatic rings. The molecule has 0 bridgehead atoms. The second kappa shape index (κ2) is 10.1. The largest absolute Gasteiger partial charge is 0.493 e. The van der Waals surface area contributed by atoms with Crippen molar-refractivity contribution in [3.8, 4) is 17.2 Å². The second-order valence-electron chi connectivity index (χ2n) is 6.67. The monoisotopic (exact) mass is 416 g/mol. The van der Waals surface area contributed by atoms with Gasteiger partial charge in [-0.25, -0.2) is 4.79 Å². The van der Waals surface area contributed by atoms with Crippen LogP contribution in [0, 0.1) is 0 Å². The highest BCUT2D eigenvalue weighted by atomic mass is 16.5. The molecule has 1 N–H and O–H groups in total. The van der Waals surface area contributed by atoms with Gasteiger partial charge < -0.3 is 33.9 Å². The van der Waals surface area contributed by atoms with Crippen LogP contribution in [0.4, 0.5) is 11.4 Å². The van der Waals surface area contributed by atoms with E-state index in [0.29, 0.717) is 42.6 Å². The quantitative estimate of drug-likeness (QED) is 0.658. The highest BCUT2D eigenvalue weighted by Gasteiger charge is 2.20. The average Bonchev–Trinajstić information content (AvgIpc) is 2.81. The number of anilines is 2. The molecule has 8 heteroatoms. The van der Waals surface area contributed by atoms with Gasteiger partial charge in [0.15, 0.2) is 11.5 Å². The minimum Gasteiger partial charge on any atom is -0.493 e. The number of carbonyl (C=O) groups is 1. The highest BCUT2D eigenvalue weighted by molar-refractivity contribution is 5.97. The molecule has 0 atom stereocenters. The summed E-state index contributed by atoms with van der Waals surface area (Å²) in [6.45, 7) is 3.22. The zero-order chi connectivity index (χ0) is 21.5. The van der Waals surface area contributed by atoms with Crippen LogP contribution in [-0.4, -0.2) is 60.7 Å². The molecule has 162 valence electrons. The summed E-state index contributed by atoms with van der Waals surface area (Å²) in [4.78, 5) is 14.5. The van der Waals surface area contributed by atoms with E-state index in [1.54, 1.807) is 21.3 Å². The number of methoxy groups -OCH3 is 4. The van der Waals surface area contributed by atoms with Gasteiger partial charge in [-0.15, -0.1) is 0 Å². The van der Waals surface area contributed by atoms with E-state index in [2.05, 4.69) is 10.2 Å². The number of nitrogens with zero attached hydrogens (tertiary/aromatic N) is 1.